The molecule has 1 aromatic carbocycles. The van der Waals surface area contributed by atoms with E-state index >= 15 is 0 Å². The summed E-state index contributed by atoms with van der Waals surface area (Å²) < 4.78 is 12.4. The van der Waals surface area contributed by atoms with Crippen molar-refractivity contribution in [2.75, 3.05) is 0 Å². The van der Waals surface area contributed by atoms with E-state index in [1.165, 1.54) is 0 Å². The molecule has 0 aliphatic heterocycles. The van der Waals surface area contributed by atoms with Gasteiger partial charge in [0.15, 0.2) is 0 Å². The smallest absolute Gasteiger partial charge is 0.113 e. The molecule has 0 fully saturated rings. The average molecular weight is 152 g/mol. The van der Waals surface area contributed by atoms with Gasteiger partial charge in [0.05, 0.1) is 6.54 Å². The maximum Gasteiger partial charge on any atom is 0.113 e. The monoisotopic (exact) mass is 152 g/mol. The normalized spacial score (nSPS) is 9.18. The molecule has 0 aliphatic rings. The van der Waals surface area contributed by atoms with Crippen LogP contribution in [0.15, 0.2) is 30.3 Å². The minimum Gasteiger partial charge on any atom is -0.289 e. The van der Waals surface area contributed by atoms with E-state index in [0.29, 0.717) is 11.5 Å². The number of hydrogen-bond donors (Lipinski definition) is 1. The van der Waals surface area contributed by atoms with E-state index in [0.717, 1.165) is 5.56 Å². The first-order chi connectivity index (χ1) is 5.33. The molecule has 0 radical (unpaired) electrons. The lowest BCUT2D eigenvalue weighted by Gasteiger charge is -2.05. The third-order valence-electron chi connectivity index (χ3n) is 1.32. The molecule has 0 saturated carbocycles. The maximum atomic E-state index is 12.4. The van der Waals surface area contributed by atoms with Gasteiger partial charge in [-0.15, -0.1) is 0 Å². The fraction of sp³-hybridized carbons (Fsp3) is 0.125. The van der Waals surface area contributed by atoms with Gasteiger partial charge in [-0.1, -0.05) is 34.8 Å². The molecule has 0 amide bonds. The predicted molar refractivity (Wildman–Crippen MR) is 41.9 cm³/mol. The second kappa shape index (κ2) is 3.71. The fourth-order valence-electron chi connectivity index (χ4n) is 0.803. The fourth-order valence-corrected chi connectivity index (χ4v) is 0.803. The summed E-state index contributed by atoms with van der Waals surface area (Å²) >= 11 is 0. The molecule has 1 rings (SSSR count). The first-order valence-electron chi connectivity index (χ1n) is 3.30. The number of rotatable bonds is 3. The van der Waals surface area contributed by atoms with E-state index in [1.807, 2.05) is 30.3 Å². The molecular formula is C8H9FN2. The summed E-state index contributed by atoms with van der Waals surface area (Å²) in [6.07, 6.45) is 0.660. The van der Waals surface area contributed by atoms with Crippen molar-refractivity contribution in [2.24, 2.45) is 0 Å². The maximum absolute atomic E-state index is 12.4. The first kappa shape index (κ1) is 7.72. The lowest BCUT2D eigenvalue weighted by molar-refractivity contribution is 0.119. The van der Waals surface area contributed by atoms with E-state index in [4.69, 9.17) is 5.41 Å². The Morgan fingerprint density at radius 1 is 1.36 bits per heavy atom. The van der Waals surface area contributed by atoms with Gasteiger partial charge in [-0.05, 0) is 5.56 Å². The average Bonchev–Trinajstić information content (AvgIpc) is 2.06. The largest absolute Gasteiger partial charge is 0.289 e. The number of halogens is 1. The molecule has 0 aliphatic carbocycles. The summed E-state index contributed by atoms with van der Waals surface area (Å²) in [5.74, 6) is 0. The summed E-state index contributed by atoms with van der Waals surface area (Å²) in [7, 11) is 0. The SMILES string of the molecule is N=CN(F)Cc1ccccc1. The number of nitrogens with one attached hydrogen (secondary N) is 1. The summed E-state index contributed by atoms with van der Waals surface area (Å²) in [5, 5.41) is 6.91. The molecule has 11 heavy (non-hydrogen) atoms. The van der Waals surface area contributed by atoms with Crippen molar-refractivity contribution in [1.29, 1.82) is 5.41 Å². The van der Waals surface area contributed by atoms with Crippen molar-refractivity contribution in [2.45, 2.75) is 6.54 Å². The van der Waals surface area contributed by atoms with Gasteiger partial charge in [0, 0.05) is 0 Å². The van der Waals surface area contributed by atoms with Gasteiger partial charge in [0.25, 0.3) is 0 Å². The molecule has 0 spiro atoms. The van der Waals surface area contributed by atoms with Crippen molar-refractivity contribution in [3.05, 3.63) is 35.9 Å². The zero-order chi connectivity index (χ0) is 8.10. The molecule has 0 bridgehead atoms. The second-order valence-corrected chi connectivity index (χ2v) is 2.17. The molecule has 0 atom stereocenters. The van der Waals surface area contributed by atoms with Crippen molar-refractivity contribution < 1.29 is 4.48 Å². The van der Waals surface area contributed by atoms with Crippen LogP contribution in [-0.2, 0) is 6.54 Å². The van der Waals surface area contributed by atoms with Crippen molar-refractivity contribution in [1.82, 2.24) is 5.12 Å². The number of nitrogens with zero attached hydrogens (tertiary/aromatic N) is 1. The highest BCUT2D eigenvalue weighted by Crippen LogP contribution is 2.01. The summed E-state index contributed by atoms with van der Waals surface area (Å²) in [6.45, 7) is 0.143. The van der Waals surface area contributed by atoms with Crippen LogP contribution in [0.1, 0.15) is 5.56 Å². The van der Waals surface area contributed by atoms with Gasteiger partial charge in [0.1, 0.15) is 6.34 Å². The lowest BCUT2D eigenvalue weighted by Crippen LogP contribution is -2.08. The molecule has 2 nitrogen and oxygen atoms in total. The van der Waals surface area contributed by atoms with Crippen LogP contribution in [0.25, 0.3) is 0 Å². The highest BCUT2D eigenvalue weighted by molar-refractivity contribution is 5.48. The minimum absolute atomic E-state index is 0.143. The molecule has 58 valence electrons. The Balaban J connectivity index is 2.57. The molecule has 0 saturated heterocycles. The Bertz CT molecular complexity index is 223. The summed E-state index contributed by atoms with van der Waals surface area (Å²) in [5.41, 5.74) is 0.860. The quantitative estimate of drug-likeness (QED) is 0.400. The van der Waals surface area contributed by atoms with Crippen LogP contribution in [0.2, 0.25) is 0 Å². The lowest BCUT2D eigenvalue weighted by atomic mass is 10.2. The third kappa shape index (κ3) is 2.37. The highest BCUT2D eigenvalue weighted by atomic mass is 19.2. The Morgan fingerprint density at radius 3 is 2.55 bits per heavy atom. The number of hydrogen-bond acceptors (Lipinski definition) is 1. The third-order valence-corrected chi connectivity index (χ3v) is 1.32. The van der Waals surface area contributed by atoms with Crippen LogP contribution < -0.4 is 0 Å². The van der Waals surface area contributed by atoms with Gasteiger partial charge in [0.2, 0.25) is 0 Å². The Hall–Kier alpha value is -1.38. The molecule has 3 heteroatoms. The Labute approximate surface area is 64.7 Å². The van der Waals surface area contributed by atoms with Crippen LogP contribution in [0.4, 0.5) is 4.48 Å². The molecule has 1 aromatic rings. The van der Waals surface area contributed by atoms with E-state index < -0.39 is 0 Å². The van der Waals surface area contributed by atoms with E-state index in [2.05, 4.69) is 0 Å². The van der Waals surface area contributed by atoms with Gasteiger partial charge in [-0.25, -0.2) is 0 Å². The van der Waals surface area contributed by atoms with E-state index in [1.54, 1.807) is 0 Å². The first-order valence-corrected chi connectivity index (χ1v) is 3.30. The topological polar surface area (TPSA) is 27.1 Å². The van der Waals surface area contributed by atoms with Crippen LogP contribution in [-0.4, -0.2) is 11.5 Å². The van der Waals surface area contributed by atoms with Crippen LogP contribution in [0.3, 0.4) is 0 Å². The molecule has 0 heterocycles. The number of benzene rings is 1. The van der Waals surface area contributed by atoms with Gasteiger partial charge in [-0.3, -0.25) is 5.41 Å². The minimum atomic E-state index is 0.143. The highest BCUT2D eigenvalue weighted by Gasteiger charge is 1.96. The Morgan fingerprint density at radius 2 is 2.00 bits per heavy atom. The standard InChI is InChI=1S/C8H9FN2/c9-11(7-10)6-8-4-2-1-3-5-8/h1-5,7,10H,6H2. The van der Waals surface area contributed by atoms with E-state index in [-0.39, 0.29) is 6.54 Å². The van der Waals surface area contributed by atoms with Crippen LogP contribution in [0.5, 0.6) is 0 Å². The van der Waals surface area contributed by atoms with Crippen LogP contribution in [0, 0.1) is 5.41 Å². The van der Waals surface area contributed by atoms with Crippen molar-refractivity contribution in [3.8, 4) is 0 Å². The van der Waals surface area contributed by atoms with Gasteiger partial charge < -0.3 is 0 Å². The Kier molecular flexibility index (Phi) is 2.60. The summed E-state index contributed by atoms with van der Waals surface area (Å²) in [4.78, 5) is 0. The second-order valence-electron chi connectivity index (χ2n) is 2.17. The molecule has 1 N–H and O–H groups in total. The summed E-state index contributed by atoms with van der Waals surface area (Å²) in [6, 6.07) is 9.18. The van der Waals surface area contributed by atoms with Gasteiger partial charge >= 0.3 is 0 Å². The molecule has 0 aromatic heterocycles. The van der Waals surface area contributed by atoms with Gasteiger partial charge in [-0.2, -0.15) is 5.12 Å². The molecule has 0 unspecified atom stereocenters. The van der Waals surface area contributed by atoms with Crippen LogP contribution >= 0.6 is 0 Å². The predicted octanol–water partition coefficient (Wildman–Crippen LogP) is 1.98. The zero-order valence-electron chi connectivity index (χ0n) is 6.00. The zero-order valence-corrected chi connectivity index (χ0v) is 6.00. The molecular weight excluding hydrogens is 143 g/mol. The van der Waals surface area contributed by atoms with E-state index in [9.17, 15) is 4.48 Å². The van der Waals surface area contributed by atoms with Crippen molar-refractivity contribution >= 4 is 6.34 Å². The van der Waals surface area contributed by atoms with Crippen molar-refractivity contribution in [3.63, 3.8) is 0 Å².